The van der Waals surface area contributed by atoms with E-state index >= 15 is 0 Å². The molecule has 0 saturated carbocycles. The number of hydrogen-bond acceptors (Lipinski definition) is 4. The summed E-state index contributed by atoms with van der Waals surface area (Å²) in [4.78, 5) is 6.63. The zero-order valence-electron chi connectivity index (χ0n) is 9.02. The summed E-state index contributed by atoms with van der Waals surface area (Å²) in [5.74, 6) is 0. The Morgan fingerprint density at radius 1 is 1.40 bits per heavy atom. The monoisotopic (exact) mass is 207 g/mol. The molecule has 1 unspecified atom stereocenters. The lowest BCUT2D eigenvalue weighted by Gasteiger charge is -2.28. The molecular weight excluding hydrogens is 190 g/mol. The van der Waals surface area contributed by atoms with Crippen molar-refractivity contribution >= 4 is 5.69 Å². The van der Waals surface area contributed by atoms with Crippen molar-refractivity contribution in [2.75, 3.05) is 31.2 Å². The van der Waals surface area contributed by atoms with Gasteiger partial charge in [-0.15, -0.1) is 0 Å². The smallest absolute Gasteiger partial charge is 0.0642 e. The number of morpholine rings is 1. The number of nitrogens with zero attached hydrogens (tertiary/aromatic N) is 2. The van der Waals surface area contributed by atoms with Crippen molar-refractivity contribution in [3.63, 3.8) is 0 Å². The summed E-state index contributed by atoms with van der Waals surface area (Å²) in [6.45, 7) is 5.43. The molecule has 1 atom stereocenters. The van der Waals surface area contributed by atoms with Crippen molar-refractivity contribution in [3.8, 4) is 0 Å². The molecule has 15 heavy (non-hydrogen) atoms. The fraction of sp³-hybridized carbons (Fsp3) is 0.545. The van der Waals surface area contributed by atoms with Crippen LogP contribution in [0.1, 0.15) is 18.7 Å². The second-order valence-corrected chi connectivity index (χ2v) is 3.83. The molecule has 4 nitrogen and oxygen atoms in total. The zero-order chi connectivity index (χ0) is 10.7. The van der Waals surface area contributed by atoms with Gasteiger partial charge in [-0.1, -0.05) is 0 Å². The lowest BCUT2D eigenvalue weighted by molar-refractivity contribution is 0.122. The first-order valence-corrected chi connectivity index (χ1v) is 5.31. The van der Waals surface area contributed by atoms with Crippen LogP contribution in [0.2, 0.25) is 0 Å². The summed E-state index contributed by atoms with van der Waals surface area (Å²) in [5, 5.41) is 0. The maximum absolute atomic E-state index is 5.75. The molecule has 0 spiro atoms. The Bertz CT molecular complexity index is 304. The molecule has 1 aromatic rings. The van der Waals surface area contributed by atoms with E-state index in [2.05, 4.69) is 16.0 Å². The van der Waals surface area contributed by atoms with E-state index in [1.807, 2.05) is 19.2 Å². The molecule has 82 valence electrons. The third-order valence-corrected chi connectivity index (χ3v) is 2.61. The van der Waals surface area contributed by atoms with E-state index in [0.29, 0.717) is 0 Å². The molecule has 1 saturated heterocycles. The first kappa shape index (κ1) is 10.4. The molecule has 4 heteroatoms. The van der Waals surface area contributed by atoms with E-state index in [9.17, 15) is 0 Å². The number of nitrogens with two attached hydrogens (primary N) is 1. The summed E-state index contributed by atoms with van der Waals surface area (Å²) in [7, 11) is 0. The average molecular weight is 207 g/mol. The lowest BCUT2D eigenvalue weighted by atomic mass is 10.2. The van der Waals surface area contributed by atoms with Gasteiger partial charge in [0.05, 0.1) is 30.8 Å². The molecule has 1 aliphatic heterocycles. The lowest BCUT2D eigenvalue weighted by Crippen LogP contribution is -2.36. The number of hydrogen-bond donors (Lipinski definition) is 1. The highest BCUT2D eigenvalue weighted by Crippen LogP contribution is 2.16. The topological polar surface area (TPSA) is 51.4 Å². The van der Waals surface area contributed by atoms with Crippen LogP contribution in [0.4, 0.5) is 5.69 Å². The van der Waals surface area contributed by atoms with E-state index < -0.39 is 0 Å². The Hall–Kier alpha value is -1.13. The van der Waals surface area contributed by atoms with Gasteiger partial charge in [0.25, 0.3) is 0 Å². The molecule has 0 aliphatic carbocycles. The fourth-order valence-corrected chi connectivity index (χ4v) is 1.68. The van der Waals surface area contributed by atoms with E-state index in [-0.39, 0.29) is 6.04 Å². The average Bonchev–Trinajstić information content (AvgIpc) is 2.30. The third kappa shape index (κ3) is 2.46. The molecule has 0 amide bonds. The van der Waals surface area contributed by atoms with Crippen molar-refractivity contribution in [2.45, 2.75) is 13.0 Å². The Morgan fingerprint density at radius 3 is 2.67 bits per heavy atom. The van der Waals surface area contributed by atoms with Crippen LogP contribution in [0.3, 0.4) is 0 Å². The second-order valence-electron chi connectivity index (χ2n) is 3.83. The Labute approximate surface area is 90.0 Å². The van der Waals surface area contributed by atoms with Gasteiger partial charge in [-0.2, -0.15) is 0 Å². The van der Waals surface area contributed by atoms with Crippen LogP contribution < -0.4 is 10.6 Å². The summed E-state index contributed by atoms with van der Waals surface area (Å²) < 4.78 is 5.30. The summed E-state index contributed by atoms with van der Waals surface area (Å²) in [5.41, 5.74) is 7.84. The van der Waals surface area contributed by atoms with Gasteiger partial charge < -0.3 is 15.4 Å². The Kier molecular flexibility index (Phi) is 3.18. The van der Waals surface area contributed by atoms with Gasteiger partial charge in [-0.3, -0.25) is 4.98 Å². The Morgan fingerprint density at radius 2 is 2.13 bits per heavy atom. The van der Waals surface area contributed by atoms with Crippen LogP contribution in [0.15, 0.2) is 18.3 Å². The van der Waals surface area contributed by atoms with Crippen LogP contribution in [0.5, 0.6) is 0 Å². The normalized spacial score (nSPS) is 18.9. The molecule has 0 bridgehead atoms. The molecule has 1 fully saturated rings. The predicted octanol–water partition coefficient (Wildman–Crippen LogP) is 0.938. The van der Waals surface area contributed by atoms with Crippen molar-refractivity contribution in [1.29, 1.82) is 0 Å². The van der Waals surface area contributed by atoms with Crippen LogP contribution in [-0.4, -0.2) is 31.3 Å². The van der Waals surface area contributed by atoms with E-state index in [1.165, 1.54) is 0 Å². The highest BCUT2D eigenvalue weighted by Gasteiger charge is 2.11. The van der Waals surface area contributed by atoms with Crippen molar-refractivity contribution < 1.29 is 4.74 Å². The fourth-order valence-electron chi connectivity index (χ4n) is 1.68. The molecule has 1 aromatic heterocycles. The molecular formula is C11H17N3O. The minimum absolute atomic E-state index is 0.00346. The largest absolute Gasteiger partial charge is 0.378 e. The van der Waals surface area contributed by atoms with Crippen molar-refractivity contribution in [3.05, 3.63) is 24.0 Å². The minimum atomic E-state index is 0.00346. The maximum atomic E-state index is 5.75. The predicted molar refractivity (Wildman–Crippen MR) is 59.9 cm³/mol. The van der Waals surface area contributed by atoms with Gasteiger partial charge in [0.15, 0.2) is 0 Å². The number of ether oxygens (including phenoxy) is 1. The zero-order valence-corrected chi connectivity index (χ0v) is 9.02. The highest BCUT2D eigenvalue weighted by atomic mass is 16.5. The van der Waals surface area contributed by atoms with Crippen LogP contribution in [0.25, 0.3) is 0 Å². The second kappa shape index (κ2) is 4.59. The summed E-state index contributed by atoms with van der Waals surface area (Å²) in [6, 6.07) is 4.08. The maximum Gasteiger partial charge on any atom is 0.0642 e. The van der Waals surface area contributed by atoms with E-state index in [1.54, 1.807) is 0 Å². The number of pyridine rings is 1. The molecule has 2 rings (SSSR count). The van der Waals surface area contributed by atoms with E-state index in [0.717, 1.165) is 37.7 Å². The van der Waals surface area contributed by atoms with Gasteiger partial charge in [0.1, 0.15) is 0 Å². The SMILES string of the molecule is CC(N)c1ccc(N2CCOCC2)cn1. The number of anilines is 1. The first-order chi connectivity index (χ1) is 7.27. The van der Waals surface area contributed by atoms with Gasteiger partial charge in [-0.05, 0) is 19.1 Å². The quantitative estimate of drug-likeness (QED) is 0.784. The highest BCUT2D eigenvalue weighted by molar-refractivity contribution is 5.45. The van der Waals surface area contributed by atoms with Gasteiger partial charge in [0, 0.05) is 19.1 Å². The molecule has 2 N–H and O–H groups in total. The molecule has 1 aliphatic rings. The Balaban J connectivity index is 2.08. The third-order valence-electron chi connectivity index (χ3n) is 2.61. The minimum Gasteiger partial charge on any atom is -0.378 e. The van der Waals surface area contributed by atoms with Crippen LogP contribution in [-0.2, 0) is 4.74 Å². The van der Waals surface area contributed by atoms with E-state index in [4.69, 9.17) is 10.5 Å². The molecule has 0 radical (unpaired) electrons. The van der Waals surface area contributed by atoms with Gasteiger partial charge in [0.2, 0.25) is 0 Å². The molecule has 2 heterocycles. The van der Waals surface area contributed by atoms with Crippen molar-refractivity contribution in [1.82, 2.24) is 4.98 Å². The van der Waals surface area contributed by atoms with Gasteiger partial charge in [-0.25, -0.2) is 0 Å². The van der Waals surface area contributed by atoms with Crippen molar-refractivity contribution in [2.24, 2.45) is 5.73 Å². The first-order valence-electron chi connectivity index (χ1n) is 5.31. The molecule has 0 aromatic carbocycles. The standard InChI is InChI=1S/C11H17N3O/c1-9(12)11-3-2-10(8-13-11)14-4-6-15-7-5-14/h2-3,8-9H,4-7,12H2,1H3. The number of rotatable bonds is 2. The summed E-state index contributed by atoms with van der Waals surface area (Å²) >= 11 is 0. The summed E-state index contributed by atoms with van der Waals surface area (Å²) in [6.07, 6.45) is 1.89. The van der Waals surface area contributed by atoms with Crippen LogP contribution >= 0.6 is 0 Å². The number of aromatic nitrogens is 1. The van der Waals surface area contributed by atoms with Crippen LogP contribution in [0, 0.1) is 0 Å². The van der Waals surface area contributed by atoms with Gasteiger partial charge >= 0.3 is 0 Å².